The predicted octanol–water partition coefficient (Wildman–Crippen LogP) is 1.72. The fraction of sp³-hybridized carbons (Fsp3) is 0.364. The van der Waals surface area contributed by atoms with Crippen molar-refractivity contribution >= 4 is 11.6 Å². The highest BCUT2D eigenvalue weighted by atomic mass is 19.1. The van der Waals surface area contributed by atoms with Crippen LogP contribution in [0.3, 0.4) is 0 Å². The van der Waals surface area contributed by atoms with Crippen molar-refractivity contribution in [2.75, 3.05) is 12.4 Å². The number of anilines is 1. The molecule has 0 aliphatic heterocycles. The maximum absolute atomic E-state index is 13.1. The van der Waals surface area contributed by atoms with Crippen LogP contribution in [0.4, 0.5) is 10.1 Å². The summed E-state index contributed by atoms with van der Waals surface area (Å²) < 4.78 is 18.0. The molecule has 0 unspecified atom stereocenters. The van der Waals surface area contributed by atoms with Crippen LogP contribution in [-0.2, 0) is 0 Å². The second-order valence-electron chi connectivity index (χ2n) is 3.72. The van der Waals surface area contributed by atoms with Crippen molar-refractivity contribution < 1.29 is 9.13 Å². The van der Waals surface area contributed by atoms with Gasteiger partial charge in [0.15, 0.2) is 17.5 Å². The molecule has 1 aromatic rings. The van der Waals surface area contributed by atoms with Gasteiger partial charge in [0.1, 0.15) is 0 Å². The molecule has 0 spiro atoms. The number of guanidine groups is 1. The number of nitrogens with two attached hydrogens (primary N) is 1. The number of aliphatic imine (C=N–C) groups is 1. The van der Waals surface area contributed by atoms with Gasteiger partial charge in [-0.05, 0) is 25.0 Å². The number of nitrogens with zero attached hydrogens (tertiary/aromatic N) is 1. The Morgan fingerprint density at radius 3 is 2.94 bits per heavy atom. The smallest absolute Gasteiger partial charge is 0.193 e. The van der Waals surface area contributed by atoms with E-state index < -0.39 is 5.82 Å². The lowest BCUT2D eigenvalue weighted by Gasteiger charge is -2.07. The first-order chi connectivity index (χ1) is 7.69. The van der Waals surface area contributed by atoms with Gasteiger partial charge in [-0.25, -0.2) is 9.38 Å². The molecular weight excluding hydrogens is 209 g/mol. The minimum atomic E-state index is -0.397. The quantitative estimate of drug-likeness (QED) is 0.606. The van der Waals surface area contributed by atoms with Crippen molar-refractivity contribution in [3.8, 4) is 5.75 Å². The molecule has 2 rings (SSSR count). The van der Waals surface area contributed by atoms with Crippen LogP contribution in [0.25, 0.3) is 0 Å². The highest BCUT2D eigenvalue weighted by Crippen LogP contribution is 2.24. The third kappa shape index (κ3) is 2.62. The standard InChI is InChI=1S/C11H14FN3O/c1-16-10-6-8(4-5-9(10)12)15-11(13)14-7-2-3-7/h4-7H,2-3H2,1H3,(H3,13,14,15). The van der Waals surface area contributed by atoms with Gasteiger partial charge in [0, 0.05) is 11.8 Å². The SMILES string of the molecule is COc1cc(NC(N)=NC2CC2)ccc1F. The molecule has 1 aromatic carbocycles. The molecule has 0 saturated heterocycles. The average molecular weight is 223 g/mol. The summed E-state index contributed by atoms with van der Waals surface area (Å²) in [7, 11) is 1.42. The van der Waals surface area contributed by atoms with E-state index >= 15 is 0 Å². The van der Waals surface area contributed by atoms with Crippen molar-refractivity contribution in [1.29, 1.82) is 0 Å². The van der Waals surface area contributed by atoms with Crippen LogP contribution < -0.4 is 15.8 Å². The molecule has 4 nitrogen and oxygen atoms in total. The molecule has 0 bridgehead atoms. The first-order valence-electron chi connectivity index (χ1n) is 5.13. The van der Waals surface area contributed by atoms with Gasteiger partial charge >= 0.3 is 0 Å². The summed E-state index contributed by atoms with van der Waals surface area (Å²) in [4.78, 5) is 4.21. The monoisotopic (exact) mass is 223 g/mol. The molecule has 1 aliphatic rings. The fourth-order valence-electron chi connectivity index (χ4n) is 1.32. The van der Waals surface area contributed by atoms with E-state index in [4.69, 9.17) is 10.5 Å². The largest absolute Gasteiger partial charge is 0.494 e. The Kier molecular flexibility index (Phi) is 2.94. The number of benzene rings is 1. The first kappa shape index (κ1) is 10.7. The number of halogens is 1. The van der Waals surface area contributed by atoms with E-state index in [9.17, 15) is 4.39 Å². The molecule has 0 atom stereocenters. The minimum Gasteiger partial charge on any atom is -0.494 e. The van der Waals surface area contributed by atoms with E-state index in [1.54, 1.807) is 12.1 Å². The molecule has 1 aliphatic carbocycles. The number of hydrogen-bond acceptors (Lipinski definition) is 2. The lowest BCUT2D eigenvalue weighted by molar-refractivity contribution is 0.387. The van der Waals surface area contributed by atoms with Crippen molar-refractivity contribution in [3.05, 3.63) is 24.0 Å². The van der Waals surface area contributed by atoms with Gasteiger partial charge in [-0.2, -0.15) is 0 Å². The maximum Gasteiger partial charge on any atom is 0.193 e. The predicted molar refractivity (Wildman–Crippen MR) is 61.2 cm³/mol. The molecule has 0 radical (unpaired) electrons. The maximum atomic E-state index is 13.1. The average Bonchev–Trinajstić information content (AvgIpc) is 3.04. The Morgan fingerprint density at radius 2 is 2.31 bits per heavy atom. The number of ether oxygens (including phenoxy) is 1. The summed E-state index contributed by atoms with van der Waals surface area (Å²) in [6, 6.07) is 4.82. The van der Waals surface area contributed by atoms with E-state index in [2.05, 4.69) is 10.3 Å². The second-order valence-corrected chi connectivity index (χ2v) is 3.72. The van der Waals surface area contributed by atoms with Gasteiger partial charge in [0.05, 0.1) is 13.2 Å². The lowest BCUT2D eigenvalue weighted by atomic mass is 10.3. The topological polar surface area (TPSA) is 59.6 Å². The van der Waals surface area contributed by atoms with E-state index in [1.807, 2.05) is 0 Å². The Hall–Kier alpha value is -1.78. The molecule has 5 heteroatoms. The van der Waals surface area contributed by atoms with Gasteiger partial charge in [0.2, 0.25) is 0 Å². The van der Waals surface area contributed by atoms with Gasteiger partial charge in [-0.1, -0.05) is 0 Å². The lowest BCUT2D eigenvalue weighted by Crippen LogP contribution is -2.23. The van der Waals surface area contributed by atoms with E-state index in [0.29, 0.717) is 17.7 Å². The van der Waals surface area contributed by atoms with Gasteiger partial charge in [-0.15, -0.1) is 0 Å². The summed E-state index contributed by atoms with van der Waals surface area (Å²) in [5.41, 5.74) is 6.35. The van der Waals surface area contributed by atoms with Crippen molar-refractivity contribution in [3.63, 3.8) is 0 Å². The Labute approximate surface area is 93.3 Å². The van der Waals surface area contributed by atoms with Crippen LogP contribution >= 0.6 is 0 Å². The summed E-state index contributed by atoms with van der Waals surface area (Å²) in [6.07, 6.45) is 2.18. The Morgan fingerprint density at radius 1 is 1.56 bits per heavy atom. The highest BCUT2D eigenvalue weighted by Gasteiger charge is 2.20. The zero-order chi connectivity index (χ0) is 11.5. The molecule has 86 valence electrons. The number of nitrogens with one attached hydrogen (secondary N) is 1. The normalized spacial score (nSPS) is 16.0. The fourth-order valence-corrected chi connectivity index (χ4v) is 1.32. The summed E-state index contributed by atoms with van der Waals surface area (Å²) >= 11 is 0. The van der Waals surface area contributed by atoms with Gasteiger partial charge in [0.25, 0.3) is 0 Å². The molecule has 1 fully saturated rings. The number of rotatable bonds is 3. The molecule has 0 amide bonds. The molecule has 16 heavy (non-hydrogen) atoms. The van der Waals surface area contributed by atoms with Crippen LogP contribution in [0.1, 0.15) is 12.8 Å². The number of hydrogen-bond donors (Lipinski definition) is 2. The highest BCUT2D eigenvalue weighted by molar-refractivity contribution is 5.92. The third-order valence-electron chi connectivity index (χ3n) is 2.29. The second kappa shape index (κ2) is 4.38. The van der Waals surface area contributed by atoms with Crippen LogP contribution in [0.5, 0.6) is 5.75 Å². The summed E-state index contributed by atoms with van der Waals surface area (Å²) in [5.74, 6) is 0.145. The molecular formula is C11H14FN3O. The summed E-state index contributed by atoms with van der Waals surface area (Å²) in [6.45, 7) is 0. The Bertz CT molecular complexity index is 416. The molecule has 1 saturated carbocycles. The molecule has 0 aromatic heterocycles. The van der Waals surface area contributed by atoms with Crippen LogP contribution in [0, 0.1) is 5.82 Å². The molecule has 3 N–H and O–H groups in total. The van der Waals surface area contributed by atoms with Crippen LogP contribution in [-0.4, -0.2) is 19.1 Å². The zero-order valence-corrected chi connectivity index (χ0v) is 9.03. The van der Waals surface area contributed by atoms with Gasteiger partial charge in [-0.3, -0.25) is 0 Å². The van der Waals surface area contributed by atoms with Gasteiger partial charge < -0.3 is 15.8 Å². The van der Waals surface area contributed by atoms with Crippen LogP contribution in [0.2, 0.25) is 0 Å². The third-order valence-corrected chi connectivity index (χ3v) is 2.29. The van der Waals surface area contributed by atoms with E-state index in [-0.39, 0.29) is 5.75 Å². The van der Waals surface area contributed by atoms with Crippen molar-refractivity contribution in [2.45, 2.75) is 18.9 Å². The van der Waals surface area contributed by atoms with Crippen molar-refractivity contribution in [1.82, 2.24) is 0 Å². The first-order valence-corrected chi connectivity index (χ1v) is 5.13. The summed E-state index contributed by atoms with van der Waals surface area (Å²) in [5, 5.41) is 2.90. The Balaban J connectivity index is 2.08. The number of methoxy groups -OCH3 is 1. The minimum absolute atomic E-state index is 0.184. The zero-order valence-electron chi connectivity index (χ0n) is 9.03. The van der Waals surface area contributed by atoms with Crippen LogP contribution in [0.15, 0.2) is 23.2 Å². The molecule has 0 heterocycles. The van der Waals surface area contributed by atoms with Crippen molar-refractivity contribution in [2.24, 2.45) is 10.7 Å². The van der Waals surface area contributed by atoms with E-state index in [1.165, 1.54) is 13.2 Å². The van der Waals surface area contributed by atoms with E-state index in [0.717, 1.165) is 12.8 Å².